The van der Waals surface area contributed by atoms with Gasteiger partial charge in [0.05, 0.1) is 16.9 Å². The van der Waals surface area contributed by atoms with Crippen LogP contribution in [-0.4, -0.2) is 42.8 Å². The van der Waals surface area contributed by atoms with E-state index in [1.165, 1.54) is 0 Å². The van der Waals surface area contributed by atoms with E-state index in [1.807, 2.05) is 11.6 Å². The molecule has 116 valence electrons. The molecule has 0 aromatic rings. The Bertz CT molecular complexity index is 739. The van der Waals surface area contributed by atoms with Crippen LogP contribution >= 0.6 is 0 Å². The van der Waals surface area contributed by atoms with Crippen molar-refractivity contribution in [1.29, 1.82) is 0 Å². The van der Waals surface area contributed by atoms with Gasteiger partial charge in [0, 0.05) is 0 Å². The summed E-state index contributed by atoms with van der Waals surface area (Å²) in [6.45, 7) is 1.92. The van der Waals surface area contributed by atoms with Crippen molar-refractivity contribution in [3.8, 4) is 0 Å². The first-order valence-electron chi connectivity index (χ1n) is 6.83. The molecule has 0 spiro atoms. The van der Waals surface area contributed by atoms with Gasteiger partial charge < -0.3 is 0 Å². The fraction of sp³-hybridized carbons (Fsp3) is 0.357. The number of nitrogens with zero attached hydrogens (tertiary/aromatic N) is 1. The first kappa shape index (κ1) is 14.7. The summed E-state index contributed by atoms with van der Waals surface area (Å²) >= 11 is 0. The van der Waals surface area contributed by atoms with Crippen molar-refractivity contribution in [2.75, 3.05) is 5.75 Å². The molecule has 1 atom stereocenters. The molecule has 0 saturated carbocycles. The predicted octanol–water partition coefficient (Wildman–Crippen LogP) is -0.368. The maximum atomic E-state index is 12.4. The second kappa shape index (κ2) is 4.91. The molecule has 1 aliphatic carbocycles. The Hall–Kier alpha value is -2.22. The molecule has 3 aliphatic rings. The lowest BCUT2D eigenvalue weighted by Gasteiger charge is -2.28. The number of amides is 3. The molecule has 1 N–H and O–H groups in total. The van der Waals surface area contributed by atoms with Crippen LogP contribution < -0.4 is 4.72 Å². The Labute approximate surface area is 127 Å². The summed E-state index contributed by atoms with van der Waals surface area (Å²) in [6, 6.07) is -1.09. The minimum absolute atomic E-state index is 0.0873. The van der Waals surface area contributed by atoms with Gasteiger partial charge in [-0.1, -0.05) is 31.2 Å². The Kier molecular flexibility index (Phi) is 3.28. The molecule has 1 unspecified atom stereocenters. The average Bonchev–Trinajstić information content (AvgIpc) is 2.58. The Morgan fingerprint density at radius 3 is 2.14 bits per heavy atom. The molecule has 3 rings (SSSR count). The third-order valence-electron chi connectivity index (χ3n) is 3.85. The number of rotatable bonds is 1. The molecule has 0 aromatic carbocycles. The van der Waals surface area contributed by atoms with Gasteiger partial charge in [0.15, 0.2) is 0 Å². The largest absolute Gasteiger partial charge is 0.272 e. The molecule has 0 radical (unpaired) electrons. The fourth-order valence-corrected chi connectivity index (χ4v) is 3.74. The van der Waals surface area contributed by atoms with Crippen molar-refractivity contribution < 1.29 is 22.8 Å². The van der Waals surface area contributed by atoms with Crippen molar-refractivity contribution in [1.82, 2.24) is 9.62 Å². The van der Waals surface area contributed by atoms with Gasteiger partial charge in [-0.15, -0.1) is 0 Å². The zero-order valence-electron chi connectivity index (χ0n) is 11.8. The molecule has 1 saturated heterocycles. The second-order valence-electron chi connectivity index (χ2n) is 5.47. The molecule has 1 fully saturated rings. The molecule has 0 bridgehead atoms. The minimum atomic E-state index is -3.66. The van der Waals surface area contributed by atoms with Crippen molar-refractivity contribution >= 4 is 27.7 Å². The second-order valence-corrected chi connectivity index (χ2v) is 7.32. The SMILES string of the molecule is CC1C=CC2=C(C=C1)C(=O)N(C1CCS(=O)(=O)NC1=O)C2=O. The van der Waals surface area contributed by atoms with Crippen LogP contribution in [0.3, 0.4) is 0 Å². The van der Waals surface area contributed by atoms with Crippen molar-refractivity contribution in [3.05, 3.63) is 35.5 Å². The molecular formula is C14H14N2O5S. The van der Waals surface area contributed by atoms with Crippen LogP contribution in [0, 0.1) is 5.92 Å². The van der Waals surface area contributed by atoms with E-state index in [-0.39, 0.29) is 29.2 Å². The number of allylic oxidation sites excluding steroid dienone is 2. The van der Waals surface area contributed by atoms with E-state index in [9.17, 15) is 22.8 Å². The van der Waals surface area contributed by atoms with Crippen LogP contribution in [0.4, 0.5) is 0 Å². The van der Waals surface area contributed by atoms with Crippen molar-refractivity contribution in [3.63, 3.8) is 0 Å². The van der Waals surface area contributed by atoms with Gasteiger partial charge in [0.25, 0.3) is 17.7 Å². The first-order chi connectivity index (χ1) is 10.3. The topological polar surface area (TPSA) is 101 Å². The minimum Gasteiger partial charge on any atom is -0.272 e. The van der Waals surface area contributed by atoms with Crippen LogP contribution in [0.1, 0.15) is 13.3 Å². The summed E-state index contributed by atoms with van der Waals surface area (Å²) in [4.78, 5) is 37.7. The van der Waals surface area contributed by atoms with E-state index in [4.69, 9.17) is 0 Å². The molecule has 2 aliphatic heterocycles. The van der Waals surface area contributed by atoms with E-state index < -0.39 is 33.8 Å². The van der Waals surface area contributed by atoms with E-state index in [0.29, 0.717) is 0 Å². The third-order valence-corrected chi connectivity index (χ3v) is 5.14. The van der Waals surface area contributed by atoms with Gasteiger partial charge in [0.1, 0.15) is 6.04 Å². The van der Waals surface area contributed by atoms with Gasteiger partial charge in [-0.05, 0) is 12.3 Å². The standard InChI is InChI=1S/C14H14N2O5S/c1-8-2-4-9-10(5-3-8)14(19)16(13(9)18)11-6-7-22(20,21)15-12(11)17/h2-5,8,11H,6-7H2,1H3,(H,15,17). The lowest BCUT2D eigenvalue weighted by Crippen LogP contribution is -2.56. The van der Waals surface area contributed by atoms with Gasteiger partial charge in [-0.2, -0.15) is 0 Å². The van der Waals surface area contributed by atoms with Gasteiger partial charge in [-0.25, -0.2) is 8.42 Å². The summed E-state index contributed by atoms with van der Waals surface area (Å²) in [6.07, 6.45) is 6.66. The van der Waals surface area contributed by atoms with Crippen molar-refractivity contribution in [2.45, 2.75) is 19.4 Å². The number of hydrogen-bond acceptors (Lipinski definition) is 5. The predicted molar refractivity (Wildman–Crippen MR) is 76.7 cm³/mol. The highest BCUT2D eigenvalue weighted by molar-refractivity contribution is 7.90. The summed E-state index contributed by atoms with van der Waals surface area (Å²) < 4.78 is 24.6. The quantitative estimate of drug-likeness (QED) is 0.664. The normalized spacial score (nSPS) is 28.0. The molecule has 0 aromatic heterocycles. The zero-order chi connectivity index (χ0) is 16.1. The first-order valence-corrected chi connectivity index (χ1v) is 8.48. The lowest BCUT2D eigenvalue weighted by atomic mass is 10.1. The van der Waals surface area contributed by atoms with Crippen LogP contribution in [0.5, 0.6) is 0 Å². The summed E-state index contributed by atoms with van der Waals surface area (Å²) in [5, 5.41) is 0. The molecule has 22 heavy (non-hydrogen) atoms. The number of nitrogens with one attached hydrogen (secondary N) is 1. The third kappa shape index (κ3) is 2.29. The van der Waals surface area contributed by atoms with Crippen LogP contribution in [0.2, 0.25) is 0 Å². The maximum Gasteiger partial charge on any atom is 0.262 e. The molecule has 8 heteroatoms. The van der Waals surface area contributed by atoms with Gasteiger partial charge in [0.2, 0.25) is 10.0 Å². The number of carbonyl (C=O) groups excluding carboxylic acids is 3. The molecule has 3 amide bonds. The molecule has 7 nitrogen and oxygen atoms in total. The maximum absolute atomic E-state index is 12.4. The Balaban J connectivity index is 1.92. The summed E-state index contributed by atoms with van der Waals surface area (Å²) in [5.41, 5.74) is 0.485. The highest BCUT2D eigenvalue weighted by Gasteiger charge is 2.45. The Morgan fingerprint density at radius 1 is 1.09 bits per heavy atom. The smallest absolute Gasteiger partial charge is 0.262 e. The van der Waals surface area contributed by atoms with Gasteiger partial charge in [-0.3, -0.25) is 24.0 Å². The van der Waals surface area contributed by atoms with Crippen LogP contribution in [0.15, 0.2) is 35.5 Å². The van der Waals surface area contributed by atoms with Crippen LogP contribution in [0.25, 0.3) is 0 Å². The van der Waals surface area contributed by atoms with E-state index >= 15 is 0 Å². The fourth-order valence-electron chi connectivity index (χ4n) is 2.66. The van der Waals surface area contributed by atoms with Gasteiger partial charge >= 0.3 is 0 Å². The van der Waals surface area contributed by atoms with E-state index in [0.717, 1.165) is 4.90 Å². The number of sulfonamides is 1. The van der Waals surface area contributed by atoms with Crippen molar-refractivity contribution in [2.24, 2.45) is 5.92 Å². The molecule has 2 heterocycles. The summed E-state index contributed by atoms with van der Waals surface area (Å²) in [5.74, 6) is -2.16. The van der Waals surface area contributed by atoms with Crippen LogP contribution in [-0.2, 0) is 24.4 Å². The average molecular weight is 322 g/mol. The Morgan fingerprint density at radius 2 is 1.64 bits per heavy atom. The van der Waals surface area contributed by atoms with E-state index in [2.05, 4.69) is 0 Å². The highest BCUT2D eigenvalue weighted by atomic mass is 32.2. The number of hydrogen-bond donors (Lipinski definition) is 1. The molecular weight excluding hydrogens is 308 g/mol. The lowest BCUT2D eigenvalue weighted by molar-refractivity contribution is -0.145. The number of carbonyl (C=O) groups is 3. The zero-order valence-corrected chi connectivity index (χ0v) is 12.6. The highest BCUT2D eigenvalue weighted by Crippen LogP contribution is 2.29. The number of imide groups is 1. The monoisotopic (exact) mass is 322 g/mol. The van der Waals surface area contributed by atoms with E-state index in [1.54, 1.807) is 24.3 Å². The summed E-state index contributed by atoms with van der Waals surface area (Å²) in [7, 11) is -3.66.